The highest BCUT2D eigenvalue weighted by Crippen LogP contribution is 2.33. The summed E-state index contributed by atoms with van der Waals surface area (Å²) < 4.78 is 16.9. The molecule has 2 aromatic heterocycles. The van der Waals surface area contributed by atoms with Crippen molar-refractivity contribution in [3.05, 3.63) is 30.6 Å². The number of amides is 1. The molecule has 168 valence electrons. The summed E-state index contributed by atoms with van der Waals surface area (Å²) in [5.74, 6) is -0.0571. The third kappa shape index (κ3) is 4.74. The van der Waals surface area contributed by atoms with Crippen LogP contribution in [0, 0.1) is 5.92 Å². The van der Waals surface area contributed by atoms with Gasteiger partial charge < -0.3 is 19.5 Å². The van der Waals surface area contributed by atoms with E-state index in [-0.39, 0.29) is 23.5 Å². The second kappa shape index (κ2) is 8.73. The van der Waals surface area contributed by atoms with Crippen molar-refractivity contribution in [2.45, 2.75) is 44.8 Å². The molecule has 2 unspecified atom stereocenters. The average molecular weight is 455 g/mol. The van der Waals surface area contributed by atoms with Gasteiger partial charge >= 0.3 is 6.01 Å². The number of carbonyl (C=O) groups excluding carboxylic acids is 1. The maximum absolute atomic E-state index is 12.7. The van der Waals surface area contributed by atoms with Crippen molar-refractivity contribution in [1.82, 2.24) is 15.0 Å². The van der Waals surface area contributed by atoms with Gasteiger partial charge in [-0.2, -0.15) is 4.98 Å². The van der Waals surface area contributed by atoms with Crippen LogP contribution in [0.15, 0.2) is 30.6 Å². The highest BCUT2D eigenvalue weighted by atomic mass is 32.1. The summed E-state index contributed by atoms with van der Waals surface area (Å²) in [4.78, 5) is 27.0. The van der Waals surface area contributed by atoms with Crippen LogP contribution in [-0.4, -0.2) is 52.4 Å². The number of rotatable bonds is 5. The van der Waals surface area contributed by atoms with Gasteiger partial charge in [-0.05, 0) is 38.3 Å². The van der Waals surface area contributed by atoms with Gasteiger partial charge in [-0.3, -0.25) is 4.79 Å². The van der Waals surface area contributed by atoms with Crippen molar-refractivity contribution < 1.29 is 19.0 Å². The fraction of sp³-hybridized carbons (Fsp3) is 0.478. The molecule has 2 aliphatic heterocycles. The van der Waals surface area contributed by atoms with Gasteiger partial charge in [0.2, 0.25) is 5.91 Å². The molecule has 0 aliphatic carbocycles. The Morgan fingerprint density at radius 2 is 2.12 bits per heavy atom. The van der Waals surface area contributed by atoms with Gasteiger partial charge in [-0.25, -0.2) is 9.97 Å². The largest absolute Gasteiger partial charge is 0.458 e. The number of hydrogen-bond donors (Lipinski definition) is 1. The van der Waals surface area contributed by atoms with Crippen LogP contribution in [0.1, 0.15) is 33.1 Å². The third-order valence-corrected chi connectivity index (χ3v) is 6.77. The fourth-order valence-electron chi connectivity index (χ4n) is 4.10. The van der Waals surface area contributed by atoms with Crippen molar-refractivity contribution in [1.29, 1.82) is 0 Å². The molecule has 1 aromatic carbocycles. The van der Waals surface area contributed by atoms with Gasteiger partial charge in [0.25, 0.3) is 0 Å². The highest BCUT2D eigenvalue weighted by molar-refractivity contribution is 7.19. The number of thiazole rings is 1. The Morgan fingerprint density at radius 1 is 1.22 bits per heavy atom. The predicted octanol–water partition coefficient (Wildman–Crippen LogP) is 4.06. The smallest absolute Gasteiger partial charge is 0.317 e. The third-order valence-electron chi connectivity index (χ3n) is 5.81. The maximum atomic E-state index is 12.7. The number of aromatic nitrogens is 3. The number of nitrogens with one attached hydrogen (secondary N) is 1. The first-order valence-electron chi connectivity index (χ1n) is 10.9. The Bertz CT molecular complexity index is 1130. The highest BCUT2D eigenvalue weighted by Gasteiger charge is 2.33. The Kier molecular flexibility index (Phi) is 5.79. The molecule has 2 saturated heterocycles. The average Bonchev–Trinajstić information content (AvgIpc) is 3.45. The summed E-state index contributed by atoms with van der Waals surface area (Å²) in [5, 5.41) is 4.52. The lowest BCUT2D eigenvalue weighted by molar-refractivity contribution is -0.130. The van der Waals surface area contributed by atoms with Gasteiger partial charge in [0.05, 0.1) is 29.2 Å². The van der Waals surface area contributed by atoms with Crippen LogP contribution in [-0.2, 0) is 14.3 Å². The SMILES string of the molecule is CC1(C)CC(C(=O)Nc2ncc(-c3ccc4cnc(OC5CCOC5)nc4c3)s2)CCO1. The second-order valence-electron chi connectivity index (χ2n) is 8.85. The van der Waals surface area contributed by atoms with Crippen LogP contribution >= 0.6 is 11.3 Å². The summed E-state index contributed by atoms with van der Waals surface area (Å²) >= 11 is 1.45. The Labute approximate surface area is 190 Å². The number of benzene rings is 1. The monoisotopic (exact) mass is 454 g/mol. The number of hydrogen-bond acceptors (Lipinski definition) is 8. The zero-order valence-electron chi connectivity index (χ0n) is 18.2. The maximum Gasteiger partial charge on any atom is 0.317 e. The second-order valence-corrected chi connectivity index (χ2v) is 9.88. The van der Waals surface area contributed by atoms with E-state index in [1.54, 1.807) is 12.4 Å². The lowest BCUT2D eigenvalue weighted by Gasteiger charge is -2.34. The number of anilines is 1. The van der Waals surface area contributed by atoms with Crippen LogP contribution < -0.4 is 10.1 Å². The molecule has 2 fully saturated rings. The van der Waals surface area contributed by atoms with Gasteiger partial charge in [-0.1, -0.05) is 23.5 Å². The standard InChI is InChI=1S/C23H26N4O4S/c1-23(2)10-15(5-8-30-23)20(28)27-22-25-12-19(32-22)14-3-4-16-11-24-21(26-18(16)9-14)31-17-6-7-29-13-17/h3-4,9,11-12,15,17H,5-8,10,13H2,1-2H3,(H,25,27,28). The summed E-state index contributed by atoms with van der Waals surface area (Å²) in [6.45, 7) is 5.93. The van der Waals surface area contributed by atoms with E-state index >= 15 is 0 Å². The molecule has 0 spiro atoms. The van der Waals surface area contributed by atoms with E-state index < -0.39 is 0 Å². The van der Waals surface area contributed by atoms with Crippen molar-refractivity contribution in [2.75, 3.05) is 25.1 Å². The molecule has 0 radical (unpaired) electrons. The molecular formula is C23H26N4O4S. The number of ether oxygens (including phenoxy) is 3. The summed E-state index contributed by atoms with van der Waals surface area (Å²) in [7, 11) is 0. The van der Waals surface area contributed by atoms with Crippen LogP contribution in [0.4, 0.5) is 5.13 Å². The fourth-order valence-corrected chi connectivity index (χ4v) is 4.92. The van der Waals surface area contributed by atoms with E-state index in [1.807, 2.05) is 32.0 Å². The lowest BCUT2D eigenvalue weighted by Crippen LogP contribution is -2.39. The van der Waals surface area contributed by atoms with Gasteiger partial charge in [0.1, 0.15) is 6.10 Å². The zero-order chi connectivity index (χ0) is 22.1. The first-order valence-corrected chi connectivity index (χ1v) is 11.7. The van der Waals surface area contributed by atoms with Crippen molar-refractivity contribution in [3.8, 4) is 16.5 Å². The number of fused-ring (bicyclic) bond motifs is 1. The van der Waals surface area contributed by atoms with Gasteiger partial charge in [-0.15, -0.1) is 0 Å². The topological polar surface area (TPSA) is 95.5 Å². The van der Waals surface area contributed by atoms with Gasteiger partial charge in [0, 0.05) is 36.7 Å². The molecule has 1 amide bonds. The zero-order valence-corrected chi connectivity index (χ0v) is 19.0. The van der Waals surface area contributed by atoms with E-state index in [2.05, 4.69) is 20.3 Å². The molecule has 32 heavy (non-hydrogen) atoms. The molecule has 9 heteroatoms. The molecule has 8 nitrogen and oxygen atoms in total. The Morgan fingerprint density at radius 3 is 2.94 bits per heavy atom. The van der Waals surface area contributed by atoms with E-state index in [1.165, 1.54) is 11.3 Å². The summed E-state index contributed by atoms with van der Waals surface area (Å²) in [6, 6.07) is 6.35. The van der Waals surface area contributed by atoms with E-state index in [0.29, 0.717) is 37.4 Å². The summed E-state index contributed by atoms with van der Waals surface area (Å²) in [5.41, 5.74) is 1.51. The lowest BCUT2D eigenvalue weighted by atomic mass is 9.88. The van der Waals surface area contributed by atoms with Crippen LogP contribution in [0.5, 0.6) is 6.01 Å². The van der Waals surface area contributed by atoms with Gasteiger partial charge in [0.15, 0.2) is 5.13 Å². The Balaban J connectivity index is 1.30. The number of nitrogens with zero attached hydrogens (tertiary/aromatic N) is 3. The molecule has 0 bridgehead atoms. The molecular weight excluding hydrogens is 428 g/mol. The molecule has 1 N–H and O–H groups in total. The normalized spacial score (nSPS) is 22.7. The first-order chi connectivity index (χ1) is 15.4. The summed E-state index contributed by atoms with van der Waals surface area (Å²) in [6.07, 6.45) is 5.84. The molecule has 0 saturated carbocycles. The van der Waals surface area contributed by atoms with E-state index in [0.717, 1.165) is 34.2 Å². The van der Waals surface area contributed by atoms with Crippen molar-refractivity contribution >= 4 is 33.3 Å². The molecule has 4 heterocycles. The molecule has 5 rings (SSSR count). The minimum atomic E-state index is -0.269. The Hall–Kier alpha value is -2.62. The minimum Gasteiger partial charge on any atom is -0.458 e. The quantitative estimate of drug-likeness (QED) is 0.621. The molecule has 3 aromatic rings. The number of carbonyl (C=O) groups is 1. The van der Waals surface area contributed by atoms with Crippen LogP contribution in [0.3, 0.4) is 0 Å². The first kappa shape index (κ1) is 21.2. The molecule has 2 aliphatic rings. The van der Waals surface area contributed by atoms with E-state index in [9.17, 15) is 4.79 Å². The van der Waals surface area contributed by atoms with Crippen LogP contribution in [0.25, 0.3) is 21.3 Å². The van der Waals surface area contributed by atoms with Crippen molar-refractivity contribution in [3.63, 3.8) is 0 Å². The minimum absolute atomic E-state index is 0.00426. The van der Waals surface area contributed by atoms with Crippen LogP contribution in [0.2, 0.25) is 0 Å². The van der Waals surface area contributed by atoms with Crippen molar-refractivity contribution in [2.24, 2.45) is 5.92 Å². The predicted molar refractivity (Wildman–Crippen MR) is 122 cm³/mol. The molecule has 2 atom stereocenters. The van der Waals surface area contributed by atoms with E-state index in [4.69, 9.17) is 14.2 Å².